The molecule has 2 heterocycles. The molecule has 2 aromatic carbocycles. The Kier molecular flexibility index (Phi) is 4.75. The van der Waals surface area contributed by atoms with Crippen LogP contribution in [0.4, 0.5) is 0 Å². The summed E-state index contributed by atoms with van der Waals surface area (Å²) in [6, 6.07) is 20.0. The van der Waals surface area contributed by atoms with E-state index in [1.807, 2.05) is 67.6 Å². The quantitative estimate of drug-likeness (QED) is 0.569. The van der Waals surface area contributed by atoms with Crippen LogP contribution in [0.3, 0.4) is 0 Å². The lowest BCUT2D eigenvalue weighted by Crippen LogP contribution is -2.18. The zero-order chi connectivity index (χ0) is 18.6. The van der Waals surface area contributed by atoms with Gasteiger partial charge >= 0.3 is 5.69 Å². The molecule has 0 atom stereocenters. The third kappa shape index (κ3) is 3.77. The molecule has 0 unspecified atom stereocenters. The number of pyridine rings is 1. The number of aromatic nitrogens is 3. The minimum absolute atomic E-state index is 0.116. The summed E-state index contributed by atoms with van der Waals surface area (Å²) in [5.74, 6) is 0.837. The third-order valence-corrected chi connectivity index (χ3v) is 4.67. The van der Waals surface area contributed by atoms with E-state index in [1.165, 1.54) is 0 Å². The van der Waals surface area contributed by atoms with Gasteiger partial charge < -0.3 is 9.72 Å². The second-order valence-electron chi connectivity index (χ2n) is 6.58. The van der Waals surface area contributed by atoms with E-state index >= 15 is 0 Å². The largest absolute Gasteiger partial charge is 0.489 e. The molecule has 0 aliphatic heterocycles. The van der Waals surface area contributed by atoms with Crippen molar-refractivity contribution in [2.24, 2.45) is 0 Å². The van der Waals surface area contributed by atoms with Gasteiger partial charge in [-0.2, -0.15) is 0 Å². The SMILES string of the molecule is Cc1ccnc2c1[nH]c(=O)n2CCc1ccc(OCc2ccccc2)cc1. The summed E-state index contributed by atoms with van der Waals surface area (Å²) in [5, 5.41) is 0. The first-order valence-corrected chi connectivity index (χ1v) is 9.00. The van der Waals surface area contributed by atoms with Crippen molar-refractivity contribution in [1.82, 2.24) is 14.5 Å². The van der Waals surface area contributed by atoms with E-state index in [1.54, 1.807) is 10.8 Å². The molecule has 0 spiro atoms. The summed E-state index contributed by atoms with van der Waals surface area (Å²) in [6.07, 6.45) is 2.49. The number of aryl methyl sites for hydroxylation is 3. The Labute approximate surface area is 157 Å². The highest BCUT2D eigenvalue weighted by Crippen LogP contribution is 2.16. The number of ether oxygens (including phenoxy) is 1. The predicted molar refractivity (Wildman–Crippen MR) is 106 cm³/mol. The zero-order valence-electron chi connectivity index (χ0n) is 15.2. The van der Waals surface area contributed by atoms with Crippen molar-refractivity contribution in [2.75, 3.05) is 0 Å². The lowest BCUT2D eigenvalue weighted by molar-refractivity contribution is 0.306. The number of hydrogen-bond acceptors (Lipinski definition) is 3. The van der Waals surface area contributed by atoms with Crippen LogP contribution in [0.15, 0.2) is 71.7 Å². The van der Waals surface area contributed by atoms with Crippen LogP contribution in [-0.4, -0.2) is 14.5 Å². The molecule has 1 N–H and O–H groups in total. The molecule has 0 fully saturated rings. The molecule has 2 aromatic heterocycles. The van der Waals surface area contributed by atoms with Gasteiger partial charge in [-0.15, -0.1) is 0 Å². The molecule has 4 rings (SSSR count). The first-order chi connectivity index (χ1) is 13.2. The van der Waals surface area contributed by atoms with Crippen LogP contribution in [0.5, 0.6) is 5.75 Å². The van der Waals surface area contributed by atoms with E-state index < -0.39 is 0 Å². The van der Waals surface area contributed by atoms with Gasteiger partial charge in [-0.25, -0.2) is 9.78 Å². The lowest BCUT2D eigenvalue weighted by atomic mass is 10.1. The predicted octanol–water partition coefficient (Wildman–Crippen LogP) is 3.85. The van der Waals surface area contributed by atoms with Crippen LogP contribution < -0.4 is 10.4 Å². The molecule has 4 aromatic rings. The van der Waals surface area contributed by atoms with E-state index in [-0.39, 0.29) is 5.69 Å². The number of aromatic amines is 1. The summed E-state index contributed by atoms with van der Waals surface area (Å²) in [6.45, 7) is 3.11. The number of nitrogens with zero attached hydrogens (tertiary/aromatic N) is 2. The van der Waals surface area contributed by atoms with Crippen LogP contribution in [0, 0.1) is 6.92 Å². The van der Waals surface area contributed by atoms with Crippen molar-refractivity contribution in [1.29, 1.82) is 0 Å². The molecular weight excluding hydrogens is 338 g/mol. The number of benzene rings is 2. The van der Waals surface area contributed by atoms with Gasteiger partial charge in [0.05, 0.1) is 5.52 Å². The monoisotopic (exact) mass is 359 g/mol. The Morgan fingerprint density at radius 2 is 1.78 bits per heavy atom. The van der Waals surface area contributed by atoms with Crippen LogP contribution in [0.25, 0.3) is 11.2 Å². The fraction of sp³-hybridized carbons (Fsp3) is 0.182. The molecule has 5 nitrogen and oxygen atoms in total. The first kappa shape index (κ1) is 17.1. The molecule has 0 saturated carbocycles. The highest BCUT2D eigenvalue weighted by Gasteiger charge is 2.09. The van der Waals surface area contributed by atoms with E-state index in [0.29, 0.717) is 18.8 Å². The molecule has 27 heavy (non-hydrogen) atoms. The fourth-order valence-electron chi connectivity index (χ4n) is 3.12. The van der Waals surface area contributed by atoms with Gasteiger partial charge in [0.1, 0.15) is 12.4 Å². The Bertz CT molecular complexity index is 1100. The molecular formula is C22H21N3O2. The molecule has 5 heteroatoms. The summed E-state index contributed by atoms with van der Waals surface area (Å²) < 4.78 is 7.51. The minimum Gasteiger partial charge on any atom is -0.489 e. The van der Waals surface area contributed by atoms with Crippen LogP contribution in [0.2, 0.25) is 0 Å². The van der Waals surface area contributed by atoms with Crippen LogP contribution in [-0.2, 0) is 19.6 Å². The van der Waals surface area contributed by atoms with E-state index in [2.05, 4.69) is 9.97 Å². The first-order valence-electron chi connectivity index (χ1n) is 9.00. The summed E-state index contributed by atoms with van der Waals surface area (Å²) >= 11 is 0. The average molecular weight is 359 g/mol. The van der Waals surface area contributed by atoms with Crippen molar-refractivity contribution >= 4 is 11.2 Å². The Morgan fingerprint density at radius 3 is 2.56 bits per heavy atom. The summed E-state index contributed by atoms with van der Waals surface area (Å²) in [4.78, 5) is 19.5. The van der Waals surface area contributed by atoms with Gasteiger partial charge in [0, 0.05) is 12.7 Å². The normalized spacial score (nSPS) is 11.0. The number of imidazole rings is 1. The van der Waals surface area contributed by atoms with Crippen molar-refractivity contribution in [3.63, 3.8) is 0 Å². The fourth-order valence-corrected chi connectivity index (χ4v) is 3.12. The van der Waals surface area contributed by atoms with Gasteiger partial charge in [0.25, 0.3) is 0 Å². The van der Waals surface area contributed by atoms with Crippen molar-refractivity contribution in [3.8, 4) is 5.75 Å². The standard InChI is InChI=1S/C22H21N3O2/c1-16-11-13-23-21-20(16)24-22(26)25(21)14-12-17-7-9-19(10-8-17)27-15-18-5-3-2-4-6-18/h2-11,13H,12,14-15H2,1H3,(H,24,26). The minimum atomic E-state index is -0.116. The maximum atomic E-state index is 12.2. The molecule has 0 radical (unpaired) electrons. The average Bonchev–Trinajstić information content (AvgIpc) is 3.03. The van der Waals surface area contributed by atoms with Crippen molar-refractivity contribution in [3.05, 3.63) is 94.0 Å². The molecule has 0 amide bonds. The molecule has 0 aliphatic carbocycles. The second-order valence-corrected chi connectivity index (χ2v) is 6.58. The van der Waals surface area contributed by atoms with E-state index in [0.717, 1.165) is 34.4 Å². The molecule has 136 valence electrons. The zero-order valence-corrected chi connectivity index (χ0v) is 15.2. The van der Waals surface area contributed by atoms with Crippen molar-refractivity contribution in [2.45, 2.75) is 26.5 Å². The maximum Gasteiger partial charge on any atom is 0.327 e. The van der Waals surface area contributed by atoms with Gasteiger partial charge in [0.15, 0.2) is 5.65 Å². The second kappa shape index (κ2) is 7.50. The Hall–Kier alpha value is -3.34. The van der Waals surface area contributed by atoms with Gasteiger partial charge in [0.2, 0.25) is 0 Å². The van der Waals surface area contributed by atoms with Gasteiger partial charge in [-0.05, 0) is 48.2 Å². The van der Waals surface area contributed by atoms with Gasteiger partial charge in [-0.3, -0.25) is 4.57 Å². The Balaban J connectivity index is 1.41. The number of hydrogen-bond donors (Lipinski definition) is 1. The smallest absolute Gasteiger partial charge is 0.327 e. The Morgan fingerprint density at radius 1 is 1.00 bits per heavy atom. The van der Waals surface area contributed by atoms with E-state index in [4.69, 9.17) is 4.74 Å². The molecule has 0 saturated heterocycles. The maximum absolute atomic E-state index is 12.2. The van der Waals surface area contributed by atoms with Crippen LogP contribution in [0.1, 0.15) is 16.7 Å². The topological polar surface area (TPSA) is 59.9 Å². The molecule has 0 bridgehead atoms. The number of fused-ring (bicyclic) bond motifs is 1. The number of rotatable bonds is 6. The molecule has 0 aliphatic rings. The summed E-state index contributed by atoms with van der Waals surface area (Å²) in [5.41, 5.74) is 4.72. The summed E-state index contributed by atoms with van der Waals surface area (Å²) in [7, 11) is 0. The van der Waals surface area contributed by atoms with Crippen LogP contribution >= 0.6 is 0 Å². The van der Waals surface area contributed by atoms with E-state index in [9.17, 15) is 4.79 Å². The highest BCUT2D eigenvalue weighted by atomic mass is 16.5. The lowest BCUT2D eigenvalue weighted by Gasteiger charge is -2.08. The highest BCUT2D eigenvalue weighted by molar-refractivity contribution is 5.74. The number of nitrogens with one attached hydrogen (secondary N) is 1. The van der Waals surface area contributed by atoms with Gasteiger partial charge in [-0.1, -0.05) is 42.5 Å². The number of H-pyrrole nitrogens is 1. The third-order valence-electron chi connectivity index (χ3n) is 4.67. The van der Waals surface area contributed by atoms with Crippen molar-refractivity contribution < 1.29 is 4.74 Å².